The number of nitrogens with one attached hydrogen (secondary N) is 1. The van der Waals surface area contributed by atoms with Crippen molar-refractivity contribution >= 4 is 40.5 Å². The minimum absolute atomic E-state index is 0.104. The lowest BCUT2D eigenvalue weighted by atomic mass is 10.1. The summed E-state index contributed by atoms with van der Waals surface area (Å²) in [5.41, 5.74) is 7.62. The maximum absolute atomic E-state index is 6.19. The first kappa shape index (κ1) is 14.5. The average Bonchev–Trinajstić information content (AvgIpc) is 2.41. The summed E-state index contributed by atoms with van der Waals surface area (Å²) in [5, 5.41) is 5.28. The monoisotopic (exact) mass is 314 g/mol. The van der Waals surface area contributed by atoms with Gasteiger partial charge in [-0.15, -0.1) is 0 Å². The van der Waals surface area contributed by atoms with E-state index in [4.69, 9.17) is 40.5 Å². The average molecular weight is 316 g/mol. The van der Waals surface area contributed by atoms with Crippen LogP contribution in [0.5, 0.6) is 0 Å². The summed E-state index contributed by atoms with van der Waals surface area (Å²) in [6.45, 7) is 0.405. The molecule has 2 aromatic carbocycles. The van der Waals surface area contributed by atoms with Crippen molar-refractivity contribution in [3.8, 4) is 0 Å². The Hall–Kier alpha value is -0.930. The van der Waals surface area contributed by atoms with Gasteiger partial charge in [0.15, 0.2) is 0 Å². The van der Waals surface area contributed by atoms with Crippen LogP contribution in [0.15, 0.2) is 42.5 Å². The Balaban J connectivity index is 2.24. The van der Waals surface area contributed by atoms with Crippen molar-refractivity contribution in [2.75, 3.05) is 11.9 Å². The molecule has 0 saturated carbocycles. The fraction of sp³-hybridized carbons (Fsp3) is 0.143. The Morgan fingerprint density at radius 2 is 1.58 bits per heavy atom. The topological polar surface area (TPSA) is 38.0 Å². The van der Waals surface area contributed by atoms with Crippen molar-refractivity contribution in [3.63, 3.8) is 0 Å². The Bertz CT molecular complexity index is 555. The van der Waals surface area contributed by atoms with Gasteiger partial charge in [-0.1, -0.05) is 34.8 Å². The Labute approximate surface area is 127 Å². The number of hydrogen-bond acceptors (Lipinski definition) is 2. The quantitative estimate of drug-likeness (QED) is 0.853. The molecule has 0 amide bonds. The van der Waals surface area contributed by atoms with Crippen LogP contribution in [0.2, 0.25) is 15.1 Å². The molecular weight excluding hydrogens is 303 g/mol. The van der Waals surface area contributed by atoms with Crippen molar-refractivity contribution < 1.29 is 0 Å². The molecule has 2 rings (SSSR count). The number of benzene rings is 2. The number of anilines is 1. The molecule has 2 nitrogen and oxygen atoms in total. The molecule has 2 aromatic rings. The molecule has 0 heterocycles. The van der Waals surface area contributed by atoms with E-state index in [0.29, 0.717) is 21.6 Å². The van der Waals surface area contributed by atoms with Gasteiger partial charge in [0, 0.05) is 27.3 Å². The highest BCUT2D eigenvalue weighted by Crippen LogP contribution is 2.28. The van der Waals surface area contributed by atoms with Crippen LogP contribution in [-0.2, 0) is 0 Å². The fourth-order valence-electron chi connectivity index (χ4n) is 1.79. The van der Waals surface area contributed by atoms with Crippen LogP contribution in [0.25, 0.3) is 0 Å². The van der Waals surface area contributed by atoms with Gasteiger partial charge in [-0.25, -0.2) is 0 Å². The second-order valence-corrected chi connectivity index (χ2v) is 5.39. The van der Waals surface area contributed by atoms with Gasteiger partial charge in [0.2, 0.25) is 0 Å². The van der Waals surface area contributed by atoms with Crippen LogP contribution < -0.4 is 11.1 Å². The molecule has 0 radical (unpaired) electrons. The first-order valence-corrected chi connectivity index (χ1v) is 6.90. The lowest BCUT2D eigenvalue weighted by Crippen LogP contribution is -2.20. The van der Waals surface area contributed by atoms with E-state index in [1.54, 1.807) is 12.1 Å². The van der Waals surface area contributed by atoms with Gasteiger partial charge in [-0.05, 0) is 48.0 Å². The molecule has 0 aliphatic heterocycles. The SMILES string of the molecule is NCC(Nc1ccc(Cl)cc1)c1cc(Cl)ccc1Cl. The van der Waals surface area contributed by atoms with Gasteiger partial charge >= 0.3 is 0 Å². The predicted molar refractivity (Wildman–Crippen MR) is 83.3 cm³/mol. The molecule has 1 atom stereocenters. The molecule has 0 aromatic heterocycles. The highest BCUT2D eigenvalue weighted by molar-refractivity contribution is 6.33. The molecule has 0 aliphatic rings. The van der Waals surface area contributed by atoms with Crippen LogP contribution in [0.1, 0.15) is 11.6 Å². The summed E-state index contributed by atoms with van der Waals surface area (Å²) in [6, 6.07) is 12.7. The highest BCUT2D eigenvalue weighted by Gasteiger charge is 2.13. The van der Waals surface area contributed by atoms with Gasteiger partial charge in [0.1, 0.15) is 0 Å². The van der Waals surface area contributed by atoms with Gasteiger partial charge in [0.25, 0.3) is 0 Å². The van der Waals surface area contributed by atoms with E-state index in [1.807, 2.05) is 30.3 Å². The summed E-state index contributed by atoms with van der Waals surface area (Å²) in [5.74, 6) is 0. The van der Waals surface area contributed by atoms with Crippen molar-refractivity contribution in [1.82, 2.24) is 0 Å². The largest absolute Gasteiger partial charge is 0.377 e. The zero-order chi connectivity index (χ0) is 13.8. The molecular formula is C14H13Cl3N2. The minimum Gasteiger partial charge on any atom is -0.377 e. The first-order valence-electron chi connectivity index (χ1n) is 5.77. The fourth-order valence-corrected chi connectivity index (χ4v) is 2.35. The van der Waals surface area contributed by atoms with Crippen LogP contribution in [-0.4, -0.2) is 6.54 Å². The molecule has 3 N–H and O–H groups in total. The van der Waals surface area contributed by atoms with E-state index in [1.165, 1.54) is 0 Å². The summed E-state index contributed by atoms with van der Waals surface area (Å²) in [7, 11) is 0. The maximum atomic E-state index is 6.19. The van der Waals surface area contributed by atoms with Crippen molar-refractivity contribution in [1.29, 1.82) is 0 Å². The molecule has 0 aliphatic carbocycles. The Morgan fingerprint density at radius 3 is 2.21 bits per heavy atom. The molecule has 5 heteroatoms. The summed E-state index contributed by atoms with van der Waals surface area (Å²) < 4.78 is 0. The van der Waals surface area contributed by atoms with E-state index in [9.17, 15) is 0 Å². The van der Waals surface area contributed by atoms with E-state index >= 15 is 0 Å². The van der Waals surface area contributed by atoms with Crippen LogP contribution in [0.3, 0.4) is 0 Å². The zero-order valence-corrected chi connectivity index (χ0v) is 12.3. The lowest BCUT2D eigenvalue weighted by Gasteiger charge is -2.20. The maximum Gasteiger partial charge on any atom is 0.0651 e. The third-order valence-corrected chi connectivity index (χ3v) is 3.59. The van der Waals surface area contributed by atoms with E-state index < -0.39 is 0 Å². The van der Waals surface area contributed by atoms with Gasteiger partial charge in [-0.2, -0.15) is 0 Å². The van der Waals surface area contributed by atoms with Crippen molar-refractivity contribution in [2.45, 2.75) is 6.04 Å². The normalized spacial score (nSPS) is 12.2. The molecule has 0 spiro atoms. The van der Waals surface area contributed by atoms with Crippen molar-refractivity contribution in [2.24, 2.45) is 5.73 Å². The standard InChI is InChI=1S/C14H13Cl3N2/c15-9-1-4-11(5-2-9)19-14(8-18)12-7-10(16)3-6-13(12)17/h1-7,14,19H,8,18H2. The number of nitrogens with two attached hydrogens (primary N) is 1. The summed E-state index contributed by atoms with van der Waals surface area (Å²) in [4.78, 5) is 0. The second-order valence-electron chi connectivity index (χ2n) is 4.11. The van der Waals surface area contributed by atoms with E-state index in [-0.39, 0.29) is 6.04 Å². The molecule has 0 bridgehead atoms. The molecule has 1 unspecified atom stereocenters. The van der Waals surface area contributed by atoms with Gasteiger partial charge in [0.05, 0.1) is 6.04 Å². The third kappa shape index (κ3) is 3.77. The minimum atomic E-state index is -0.104. The lowest BCUT2D eigenvalue weighted by molar-refractivity contribution is 0.790. The highest BCUT2D eigenvalue weighted by atomic mass is 35.5. The molecule has 0 saturated heterocycles. The predicted octanol–water partition coefficient (Wildman–Crippen LogP) is 4.76. The smallest absolute Gasteiger partial charge is 0.0651 e. The number of halogens is 3. The molecule has 19 heavy (non-hydrogen) atoms. The van der Waals surface area contributed by atoms with Crippen LogP contribution in [0.4, 0.5) is 5.69 Å². The molecule has 0 fully saturated rings. The Kier molecular flexibility index (Phi) is 4.94. The second kappa shape index (κ2) is 6.49. The molecule has 100 valence electrons. The van der Waals surface area contributed by atoms with E-state index in [2.05, 4.69) is 5.32 Å². The van der Waals surface area contributed by atoms with Crippen molar-refractivity contribution in [3.05, 3.63) is 63.1 Å². The number of hydrogen-bond donors (Lipinski definition) is 2. The third-order valence-electron chi connectivity index (χ3n) is 2.75. The van der Waals surface area contributed by atoms with Crippen LogP contribution >= 0.6 is 34.8 Å². The van der Waals surface area contributed by atoms with Gasteiger partial charge < -0.3 is 11.1 Å². The van der Waals surface area contributed by atoms with Gasteiger partial charge in [-0.3, -0.25) is 0 Å². The van der Waals surface area contributed by atoms with E-state index in [0.717, 1.165) is 11.3 Å². The first-order chi connectivity index (χ1) is 9.10. The van der Waals surface area contributed by atoms with Crippen LogP contribution in [0, 0.1) is 0 Å². The number of rotatable bonds is 4. The summed E-state index contributed by atoms with van der Waals surface area (Å²) >= 11 is 18.0. The summed E-state index contributed by atoms with van der Waals surface area (Å²) in [6.07, 6.45) is 0. The Morgan fingerprint density at radius 1 is 0.947 bits per heavy atom. The zero-order valence-electron chi connectivity index (χ0n) is 10.0.